The molecule has 0 aliphatic carbocycles. The van der Waals surface area contributed by atoms with Gasteiger partial charge in [-0.15, -0.1) is 0 Å². The number of pyridine rings is 1. The zero-order chi connectivity index (χ0) is 13.2. The Bertz CT molecular complexity index is 597. The molecule has 0 amide bonds. The maximum absolute atomic E-state index is 12.0. The summed E-state index contributed by atoms with van der Waals surface area (Å²) in [5.74, 6) is 0.0699. The van der Waals surface area contributed by atoms with Crippen LogP contribution in [0.25, 0.3) is 0 Å². The van der Waals surface area contributed by atoms with Crippen LogP contribution in [0.4, 0.5) is 0 Å². The first-order valence-corrected chi connectivity index (χ1v) is 8.82. The Labute approximate surface area is 106 Å². The van der Waals surface area contributed by atoms with Crippen LogP contribution in [0.1, 0.15) is 12.8 Å². The quantitative estimate of drug-likeness (QED) is 0.841. The molecule has 0 bridgehead atoms. The summed E-state index contributed by atoms with van der Waals surface area (Å²) in [6.45, 7) is 0. The second kappa shape index (κ2) is 4.94. The van der Waals surface area contributed by atoms with Gasteiger partial charge in [-0.2, -0.15) is 0 Å². The number of sulfone groups is 1. The number of sulfonamides is 1. The molecule has 0 saturated carbocycles. The summed E-state index contributed by atoms with van der Waals surface area (Å²) < 4.78 is 48.9. The molecule has 1 aliphatic heterocycles. The predicted octanol–water partition coefficient (Wildman–Crippen LogP) is -0.0629. The highest BCUT2D eigenvalue weighted by molar-refractivity contribution is 7.91. The summed E-state index contributed by atoms with van der Waals surface area (Å²) in [6, 6.07) is 2.67. The number of hydrogen-bond acceptors (Lipinski definition) is 5. The van der Waals surface area contributed by atoms with Gasteiger partial charge in [0.15, 0.2) is 0 Å². The molecule has 1 fully saturated rings. The SMILES string of the molecule is O=S1(=O)CCC(NS(=O)(=O)c2cccnc2)CC1. The predicted molar refractivity (Wildman–Crippen MR) is 66.2 cm³/mol. The Morgan fingerprint density at radius 1 is 1.28 bits per heavy atom. The van der Waals surface area contributed by atoms with Gasteiger partial charge in [0.2, 0.25) is 10.0 Å². The summed E-state index contributed by atoms with van der Waals surface area (Å²) in [4.78, 5) is 3.85. The van der Waals surface area contributed by atoms with Crippen LogP contribution in [-0.2, 0) is 19.9 Å². The molecule has 2 heterocycles. The van der Waals surface area contributed by atoms with Crippen molar-refractivity contribution in [1.29, 1.82) is 0 Å². The zero-order valence-electron chi connectivity index (χ0n) is 9.61. The summed E-state index contributed by atoms with van der Waals surface area (Å²) in [7, 11) is -6.59. The van der Waals surface area contributed by atoms with Crippen molar-refractivity contribution < 1.29 is 16.8 Å². The summed E-state index contributed by atoms with van der Waals surface area (Å²) in [5, 5.41) is 0. The van der Waals surface area contributed by atoms with Gasteiger partial charge in [-0.1, -0.05) is 0 Å². The number of nitrogens with one attached hydrogen (secondary N) is 1. The van der Waals surface area contributed by atoms with E-state index >= 15 is 0 Å². The lowest BCUT2D eigenvalue weighted by Crippen LogP contribution is -2.40. The lowest BCUT2D eigenvalue weighted by atomic mass is 10.2. The lowest BCUT2D eigenvalue weighted by Gasteiger charge is -2.22. The molecule has 6 nitrogen and oxygen atoms in total. The normalized spacial score (nSPS) is 20.7. The molecule has 0 unspecified atom stereocenters. The van der Waals surface area contributed by atoms with E-state index in [1.807, 2.05) is 0 Å². The van der Waals surface area contributed by atoms with Crippen LogP contribution in [-0.4, -0.2) is 39.4 Å². The van der Waals surface area contributed by atoms with Crippen LogP contribution in [0.5, 0.6) is 0 Å². The van der Waals surface area contributed by atoms with E-state index in [1.165, 1.54) is 18.5 Å². The molecule has 18 heavy (non-hydrogen) atoms. The van der Waals surface area contributed by atoms with Crippen molar-refractivity contribution in [3.8, 4) is 0 Å². The van der Waals surface area contributed by atoms with Crippen LogP contribution in [0, 0.1) is 0 Å². The Morgan fingerprint density at radius 3 is 2.50 bits per heavy atom. The highest BCUT2D eigenvalue weighted by Crippen LogP contribution is 2.15. The molecule has 1 saturated heterocycles. The molecular formula is C10H14N2O4S2. The van der Waals surface area contributed by atoms with Crippen LogP contribution >= 0.6 is 0 Å². The Morgan fingerprint density at radius 2 is 1.94 bits per heavy atom. The number of rotatable bonds is 3. The van der Waals surface area contributed by atoms with Gasteiger partial charge in [-0.25, -0.2) is 21.6 Å². The van der Waals surface area contributed by atoms with E-state index in [0.717, 1.165) is 0 Å². The van der Waals surface area contributed by atoms with Gasteiger partial charge in [0.25, 0.3) is 0 Å². The third-order valence-corrected chi connectivity index (χ3v) is 6.04. The molecule has 1 N–H and O–H groups in total. The second-order valence-corrected chi connectivity index (χ2v) is 8.25. The smallest absolute Gasteiger partial charge is 0.242 e. The van der Waals surface area contributed by atoms with Crippen molar-refractivity contribution in [2.24, 2.45) is 0 Å². The molecule has 1 aromatic heterocycles. The summed E-state index contributed by atoms with van der Waals surface area (Å²) >= 11 is 0. The maximum Gasteiger partial charge on any atom is 0.242 e. The van der Waals surface area contributed by atoms with E-state index in [0.29, 0.717) is 12.8 Å². The van der Waals surface area contributed by atoms with Gasteiger partial charge in [0, 0.05) is 18.4 Å². The van der Waals surface area contributed by atoms with Crippen molar-refractivity contribution in [3.05, 3.63) is 24.5 Å². The molecule has 100 valence electrons. The lowest BCUT2D eigenvalue weighted by molar-refractivity contribution is 0.505. The van der Waals surface area contributed by atoms with Gasteiger partial charge in [-0.05, 0) is 25.0 Å². The molecule has 0 atom stereocenters. The first-order chi connectivity index (χ1) is 8.39. The monoisotopic (exact) mass is 290 g/mol. The fraction of sp³-hybridized carbons (Fsp3) is 0.500. The Hall–Kier alpha value is -0.990. The molecular weight excluding hydrogens is 276 g/mol. The van der Waals surface area contributed by atoms with Crippen LogP contribution < -0.4 is 4.72 Å². The van der Waals surface area contributed by atoms with Crippen LogP contribution in [0.3, 0.4) is 0 Å². The average molecular weight is 290 g/mol. The van der Waals surface area contributed by atoms with Gasteiger partial charge in [0.05, 0.1) is 11.5 Å². The van der Waals surface area contributed by atoms with E-state index in [2.05, 4.69) is 9.71 Å². The van der Waals surface area contributed by atoms with Crippen molar-refractivity contribution in [1.82, 2.24) is 9.71 Å². The minimum atomic E-state index is -3.60. The van der Waals surface area contributed by atoms with E-state index in [1.54, 1.807) is 6.07 Å². The number of aromatic nitrogens is 1. The van der Waals surface area contributed by atoms with E-state index < -0.39 is 19.9 Å². The van der Waals surface area contributed by atoms with Crippen molar-refractivity contribution >= 4 is 19.9 Å². The van der Waals surface area contributed by atoms with Crippen LogP contribution in [0.15, 0.2) is 29.4 Å². The van der Waals surface area contributed by atoms with E-state index in [4.69, 9.17) is 0 Å². The third kappa shape index (κ3) is 3.27. The van der Waals surface area contributed by atoms with Gasteiger partial charge < -0.3 is 0 Å². The van der Waals surface area contributed by atoms with Crippen molar-refractivity contribution in [2.45, 2.75) is 23.8 Å². The second-order valence-electron chi connectivity index (χ2n) is 4.24. The molecule has 1 aromatic rings. The minimum Gasteiger partial charge on any atom is -0.263 e. The van der Waals surface area contributed by atoms with Gasteiger partial charge in [0.1, 0.15) is 14.7 Å². The van der Waals surface area contributed by atoms with Gasteiger partial charge in [-0.3, -0.25) is 4.98 Å². The first kappa shape index (κ1) is 13.4. The highest BCUT2D eigenvalue weighted by Gasteiger charge is 2.27. The van der Waals surface area contributed by atoms with E-state index in [9.17, 15) is 16.8 Å². The molecule has 0 aromatic carbocycles. The van der Waals surface area contributed by atoms with Gasteiger partial charge >= 0.3 is 0 Å². The number of hydrogen-bond donors (Lipinski definition) is 1. The summed E-state index contributed by atoms with van der Waals surface area (Å²) in [5.41, 5.74) is 0. The topological polar surface area (TPSA) is 93.2 Å². The first-order valence-electron chi connectivity index (χ1n) is 5.52. The number of nitrogens with zero attached hydrogens (tertiary/aromatic N) is 1. The Balaban J connectivity index is 2.07. The highest BCUT2D eigenvalue weighted by atomic mass is 32.2. The zero-order valence-corrected chi connectivity index (χ0v) is 11.2. The molecule has 0 spiro atoms. The minimum absolute atomic E-state index is 0.0349. The van der Waals surface area contributed by atoms with Crippen LogP contribution in [0.2, 0.25) is 0 Å². The molecule has 2 rings (SSSR count). The Kier molecular flexibility index (Phi) is 3.69. The molecule has 1 aliphatic rings. The van der Waals surface area contributed by atoms with E-state index in [-0.39, 0.29) is 22.4 Å². The standard InChI is InChI=1S/C10H14N2O4S2/c13-17(14)6-3-9(4-7-17)12-18(15,16)10-2-1-5-11-8-10/h1-2,5,8-9,12H,3-4,6-7H2. The fourth-order valence-electron chi connectivity index (χ4n) is 1.80. The maximum atomic E-state index is 12.0. The van der Waals surface area contributed by atoms with Crippen molar-refractivity contribution in [3.63, 3.8) is 0 Å². The summed E-state index contributed by atoms with van der Waals surface area (Å²) in [6.07, 6.45) is 3.40. The fourth-order valence-corrected chi connectivity index (χ4v) is 4.56. The third-order valence-electron chi connectivity index (χ3n) is 2.82. The molecule has 8 heteroatoms. The van der Waals surface area contributed by atoms with Crippen molar-refractivity contribution in [2.75, 3.05) is 11.5 Å². The largest absolute Gasteiger partial charge is 0.263 e. The average Bonchev–Trinajstić information content (AvgIpc) is 2.33. The molecule has 0 radical (unpaired) electrons.